The van der Waals surface area contributed by atoms with Crippen molar-refractivity contribution in [1.29, 1.82) is 0 Å². The van der Waals surface area contributed by atoms with Gasteiger partial charge in [0.15, 0.2) is 0 Å². The third-order valence-electron chi connectivity index (χ3n) is 4.80. The van der Waals surface area contributed by atoms with E-state index in [9.17, 15) is 4.79 Å². The van der Waals surface area contributed by atoms with Crippen molar-refractivity contribution in [3.8, 4) is 17.0 Å². The average Bonchev–Trinajstić information content (AvgIpc) is 3.02. The molecule has 1 aliphatic rings. The van der Waals surface area contributed by atoms with E-state index in [0.29, 0.717) is 13.1 Å². The van der Waals surface area contributed by atoms with Crippen LogP contribution >= 0.6 is 0 Å². The number of aryl methyl sites for hydroxylation is 1. The fourth-order valence-corrected chi connectivity index (χ4v) is 3.45. The Labute approximate surface area is 167 Å². The lowest BCUT2D eigenvalue weighted by Gasteiger charge is -2.36. The maximum atomic E-state index is 12.3. The highest BCUT2D eigenvalue weighted by Gasteiger charge is 2.27. The monoisotopic (exact) mass is 384 g/mol. The zero-order valence-corrected chi connectivity index (χ0v) is 17.7. The van der Waals surface area contributed by atoms with Gasteiger partial charge in [0, 0.05) is 44.9 Å². The first-order chi connectivity index (χ1) is 13.2. The normalized spacial score (nSPS) is 14.9. The van der Waals surface area contributed by atoms with Gasteiger partial charge >= 0.3 is 6.09 Å². The van der Waals surface area contributed by atoms with Gasteiger partial charge in [0.2, 0.25) is 0 Å². The molecule has 1 saturated heterocycles. The minimum atomic E-state index is -0.474. The number of ether oxygens (including phenoxy) is 2. The largest absolute Gasteiger partial charge is 0.497 e. The third-order valence-corrected chi connectivity index (χ3v) is 4.80. The van der Waals surface area contributed by atoms with Gasteiger partial charge in [-0.05, 0) is 32.3 Å². The van der Waals surface area contributed by atoms with Gasteiger partial charge in [0.1, 0.15) is 25.0 Å². The number of rotatable bonds is 3. The summed E-state index contributed by atoms with van der Waals surface area (Å²) < 4.78 is 13.0. The Hall–Kier alpha value is -2.64. The molecule has 0 aliphatic carbocycles. The Morgan fingerprint density at radius 3 is 2.46 bits per heavy atom. The van der Waals surface area contributed by atoms with Crippen molar-refractivity contribution in [2.45, 2.75) is 26.4 Å². The number of nitrogens with zero attached hydrogens (tertiary/aromatic N) is 4. The first-order valence-electron chi connectivity index (χ1n) is 9.60. The number of hydrogen-bond donors (Lipinski definition) is 0. The molecule has 1 aromatic carbocycles. The molecular formula is C20H29BN4O3. The molecule has 3 rings (SSSR count). The lowest BCUT2D eigenvalue weighted by atomic mass is 9.92. The number of aromatic nitrogens is 2. The van der Waals surface area contributed by atoms with Crippen molar-refractivity contribution < 1.29 is 14.3 Å². The highest BCUT2D eigenvalue weighted by molar-refractivity contribution is 6.34. The summed E-state index contributed by atoms with van der Waals surface area (Å²) in [6.45, 7) is 8.40. The van der Waals surface area contributed by atoms with E-state index >= 15 is 0 Å². The molecule has 1 amide bonds. The van der Waals surface area contributed by atoms with Crippen LogP contribution in [0, 0.1) is 0 Å². The molecule has 28 heavy (non-hydrogen) atoms. The molecule has 0 spiro atoms. The molecule has 7 nitrogen and oxygen atoms in total. The third kappa shape index (κ3) is 4.26. The summed E-state index contributed by atoms with van der Waals surface area (Å²) in [5.74, 6) is 1.88. The number of piperazine rings is 1. The molecule has 2 aromatic rings. The Kier molecular flexibility index (Phi) is 5.58. The highest BCUT2D eigenvalue weighted by atomic mass is 16.6. The van der Waals surface area contributed by atoms with Gasteiger partial charge < -0.3 is 19.3 Å². The molecule has 1 fully saturated rings. The predicted octanol–water partition coefficient (Wildman–Crippen LogP) is 1.41. The molecule has 0 radical (unpaired) electrons. The maximum absolute atomic E-state index is 12.3. The molecule has 8 heteroatoms. The highest BCUT2D eigenvalue weighted by Crippen LogP contribution is 2.30. The van der Waals surface area contributed by atoms with Gasteiger partial charge in [-0.15, -0.1) is 0 Å². The number of carbonyl (C=O) groups is 1. The first-order valence-corrected chi connectivity index (χ1v) is 9.60. The Morgan fingerprint density at radius 1 is 1.18 bits per heavy atom. The minimum Gasteiger partial charge on any atom is -0.497 e. The molecule has 1 aliphatic heterocycles. The number of amides is 1. The van der Waals surface area contributed by atoms with E-state index in [1.54, 1.807) is 12.0 Å². The number of hydrogen-bond acceptors (Lipinski definition) is 5. The predicted molar refractivity (Wildman–Crippen MR) is 113 cm³/mol. The number of carbonyl (C=O) groups excluding carboxylic acids is 1. The van der Waals surface area contributed by atoms with Crippen molar-refractivity contribution >= 4 is 25.2 Å². The summed E-state index contributed by atoms with van der Waals surface area (Å²) in [4.78, 5) is 16.3. The zero-order chi connectivity index (χ0) is 20.5. The summed E-state index contributed by atoms with van der Waals surface area (Å²) in [6.07, 6.45) is -0.248. The molecule has 0 saturated carbocycles. The van der Waals surface area contributed by atoms with Crippen molar-refractivity contribution in [3.05, 3.63) is 24.3 Å². The Morgan fingerprint density at radius 2 is 1.86 bits per heavy atom. The van der Waals surface area contributed by atoms with E-state index in [1.807, 2.05) is 58.5 Å². The topological polar surface area (TPSA) is 59.8 Å². The van der Waals surface area contributed by atoms with Crippen molar-refractivity contribution in [2.75, 3.05) is 38.2 Å². The van der Waals surface area contributed by atoms with Gasteiger partial charge in [-0.3, -0.25) is 4.68 Å². The van der Waals surface area contributed by atoms with Gasteiger partial charge in [-0.1, -0.05) is 12.1 Å². The Balaban J connectivity index is 1.74. The quantitative estimate of drug-likeness (QED) is 0.749. The van der Waals surface area contributed by atoms with E-state index in [4.69, 9.17) is 14.6 Å². The number of para-hydroxylation sites is 1. The van der Waals surface area contributed by atoms with Crippen LogP contribution in [0.2, 0.25) is 0 Å². The van der Waals surface area contributed by atoms with E-state index in [0.717, 1.165) is 41.4 Å². The Bertz CT molecular complexity index is 852. The van der Waals surface area contributed by atoms with Crippen LogP contribution in [0.15, 0.2) is 24.3 Å². The van der Waals surface area contributed by atoms with Crippen LogP contribution in [0.3, 0.4) is 0 Å². The second-order valence-electron chi connectivity index (χ2n) is 8.12. The molecule has 0 bridgehead atoms. The van der Waals surface area contributed by atoms with Crippen molar-refractivity contribution in [1.82, 2.24) is 14.7 Å². The summed E-state index contributed by atoms with van der Waals surface area (Å²) in [5, 5.41) is 4.70. The zero-order valence-electron chi connectivity index (χ0n) is 17.7. The first kappa shape index (κ1) is 20.1. The summed E-state index contributed by atoms with van der Waals surface area (Å²) >= 11 is 0. The SMILES string of the molecule is Bc1cccc(-c2cc(N3CCN(C(=O)OC(C)(C)C)CC3)n(C)n2)c1OC. The molecule has 0 unspecified atom stereocenters. The molecule has 150 valence electrons. The molecule has 1 aromatic heterocycles. The lowest BCUT2D eigenvalue weighted by molar-refractivity contribution is 0.0240. The number of benzene rings is 1. The van der Waals surface area contributed by atoms with Gasteiger partial charge in [0.25, 0.3) is 0 Å². The van der Waals surface area contributed by atoms with Crippen molar-refractivity contribution in [3.63, 3.8) is 0 Å². The number of anilines is 1. The van der Waals surface area contributed by atoms with Crippen LogP contribution in [0.5, 0.6) is 5.75 Å². The van der Waals surface area contributed by atoms with Gasteiger partial charge in [-0.2, -0.15) is 5.10 Å². The van der Waals surface area contributed by atoms with Crippen LogP contribution in [0.1, 0.15) is 20.8 Å². The fourth-order valence-electron chi connectivity index (χ4n) is 3.45. The number of methoxy groups -OCH3 is 1. The van der Waals surface area contributed by atoms with Crippen LogP contribution in [0.25, 0.3) is 11.3 Å². The summed E-state index contributed by atoms with van der Waals surface area (Å²) in [6, 6.07) is 8.15. The average molecular weight is 384 g/mol. The van der Waals surface area contributed by atoms with Crippen molar-refractivity contribution in [2.24, 2.45) is 7.05 Å². The molecule has 2 heterocycles. The van der Waals surface area contributed by atoms with E-state index in [-0.39, 0.29) is 6.09 Å². The smallest absolute Gasteiger partial charge is 0.410 e. The van der Waals surface area contributed by atoms with Gasteiger partial charge in [-0.25, -0.2) is 4.79 Å². The second kappa shape index (κ2) is 7.77. The minimum absolute atomic E-state index is 0.248. The maximum Gasteiger partial charge on any atom is 0.410 e. The molecule has 0 atom stereocenters. The van der Waals surface area contributed by atoms with Crippen LogP contribution in [0.4, 0.5) is 10.6 Å². The molecular weight excluding hydrogens is 355 g/mol. The van der Waals surface area contributed by atoms with Crippen LogP contribution in [-0.4, -0.2) is 67.5 Å². The molecule has 0 N–H and O–H groups in total. The summed E-state index contributed by atoms with van der Waals surface area (Å²) in [7, 11) is 5.66. The van der Waals surface area contributed by atoms with E-state index in [1.165, 1.54) is 0 Å². The fraction of sp³-hybridized carbons (Fsp3) is 0.500. The summed E-state index contributed by atoms with van der Waals surface area (Å²) in [5.41, 5.74) is 2.47. The van der Waals surface area contributed by atoms with Gasteiger partial charge in [0.05, 0.1) is 12.8 Å². The van der Waals surface area contributed by atoms with E-state index in [2.05, 4.69) is 11.0 Å². The standard InChI is InChI=1S/C20H29BN4O3/c1-20(2,3)28-19(26)25-11-9-24(10-12-25)17-13-16(22-23(17)4)14-7-6-8-15(21)18(14)27-5/h6-8,13H,9-12,21H2,1-5H3. The van der Waals surface area contributed by atoms with E-state index < -0.39 is 5.60 Å². The lowest BCUT2D eigenvalue weighted by Crippen LogP contribution is -2.50. The van der Waals surface area contributed by atoms with Crippen LogP contribution < -0.4 is 15.1 Å². The van der Waals surface area contributed by atoms with Crippen LogP contribution in [-0.2, 0) is 11.8 Å². The second-order valence-corrected chi connectivity index (χ2v) is 8.12.